The van der Waals surface area contributed by atoms with E-state index < -0.39 is 23.4 Å². The highest BCUT2D eigenvalue weighted by Gasteiger charge is 2.23. The highest BCUT2D eigenvalue weighted by molar-refractivity contribution is 6.53. The zero-order chi connectivity index (χ0) is 29.0. The second-order valence-electron chi connectivity index (χ2n) is 11.4. The molecule has 8 heteroatoms. The Hall–Kier alpha value is -4.20. The van der Waals surface area contributed by atoms with Crippen LogP contribution < -0.4 is 10.6 Å². The number of nitrogens with zero attached hydrogens (tertiary/aromatic N) is 2. The smallest absolute Gasteiger partial charge is 0.412 e. The molecule has 2 amide bonds. The van der Waals surface area contributed by atoms with E-state index in [0.29, 0.717) is 22.8 Å². The summed E-state index contributed by atoms with van der Waals surface area (Å²) in [5.74, 6) is 0. The number of anilines is 1. The van der Waals surface area contributed by atoms with Crippen LogP contribution in [0.2, 0.25) is 0 Å². The van der Waals surface area contributed by atoms with E-state index in [1.54, 1.807) is 6.08 Å². The van der Waals surface area contributed by atoms with Gasteiger partial charge in [-0.25, -0.2) is 19.6 Å². The van der Waals surface area contributed by atoms with Crippen LogP contribution in [-0.2, 0) is 9.47 Å². The maximum atomic E-state index is 12.5. The Bertz CT molecular complexity index is 1370. The third-order valence-electron chi connectivity index (χ3n) is 5.46. The molecule has 0 heterocycles. The number of carbonyl (C=O) groups is 2. The van der Waals surface area contributed by atoms with Crippen molar-refractivity contribution >= 4 is 40.7 Å². The van der Waals surface area contributed by atoms with Gasteiger partial charge in [-0.15, -0.1) is 0 Å². The van der Waals surface area contributed by atoms with Gasteiger partial charge in [0, 0.05) is 17.0 Å². The predicted octanol–water partition coefficient (Wildman–Crippen LogP) is 7.86. The summed E-state index contributed by atoms with van der Waals surface area (Å²) in [6, 6.07) is 13.4. The van der Waals surface area contributed by atoms with Crippen molar-refractivity contribution in [1.29, 1.82) is 0 Å². The third-order valence-corrected chi connectivity index (χ3v) is 5.46. The van der Waals surface area contributed by atoms with Crippen LogP contribution in [0.25, 0.3) is 0 Å². The predicted molar refractivity (Wildman–Crippen MR) is 158 cm³/mol. The molecule has 2 aromatic carbocycles. The lowest BCUT2D eigenvalue weighted by Gasteiger charge is -2.22. The Morgan fingerprint density at radius 3 is 1.92 bits per heavy atom. The maximum absolute atomic E-state index is 12.5. The van der Waals surface area contributed by atoms with Gasteiger partial charge in [0.15, 0.2) is 0 Å². The first-order valence-corrected chi connectivity index (χ1v) is 12.8. The van der Waals surface area contributed by atoms with Crippen LogP contribution in [0.3, 0.4) is 0 Å². The van der Waals surface area contributed by atoms with Gasteiger partial charge in [0.1, 0.15) is 11.2 Å². The number of rotatable bonds is 4. The average Bonchev–Trinajstić information content (AvgIpc) is 2.79. The second-order valence-corrected chi connectivity index (χ2v) is 11.4. The second kappa shape index (κ2) is 11.7. The van der Waals surface area contributed by atoms with Crippen LogP contribution in [0.15, 0.2) is 75.9 Å². The van der Waals surface area contributed by atoms with Gasteiger partial charge in [-0.3, -0.25) is 10.6 Å². The standard InChI is InChI=1S/C31H38N4O4/c1-19-18-26(35-29(37)39-31(7,8)9)20(2)17-25(19)33-24-16-15-23(34-28(36)38-30(4,5)6)21(3)27(24)32-22-13-11-10-12-14-22/h10-18H,1-9H3,(H,34,36)(H,35,37)/b32-27+,33-24-. The Kier molecular flexibility index (Phi) is 8.79. The number of carbonyl (C=O) groups excluding carboxylic acids is 2. The van der Waals surface area contributed by atoms with Crippen LogP contribution in [0.4, 0.5) is 26.7 Å². The van der Waals surface area contributed by atoms with E-state index in [1.807, 2.05) is 111 Å². The molecule has 0 radical (unpaired) electrons. The number of aryl methyl sites for hydroxylation is 2. The van der Waals surface area contributed by atoms with Crippen molar-refractivity contribution in [2.24, 2.45) is 9.98 Å². The summed E-state index contributed by atoms with van der Waals surface area (Å²) in [5.41, 5.74) is 5.25. The van der Waals surface area contributed by atoms with Crippen molar-refractivity contribution in [3.63, 3.8) is 0 Å². The van der Waals surface area contributed by atoms with Gasteiger partial charge < -0.3 is 9.47 Å². The fourth-order valence-corrected chi connectivity index (χ4v) is 3.70. The minimum Gasteiger partial charge on any atom is -0.444 e. The zero-order valence-corrected chi connectivity index (χ0v) is 24.2. The fraction of sp³-hybridized carbons (Fsp3) is 0.355. The number of hydrogen-bond acceptors (Lipinski definition) is 6. The monoisotopic (exact) mass is 530 g/mol. The van der Waals surface area contributed by atoms with Gasteiger partial charge in [0.25, 0.3) is 0 Å². The van der Waals surface area contributed by atoms with E-state index in [4.69, 9.17) is 19.5 Å². The molecule has 206 valence electrons. The van der Waals surface area contributed by atoms with Crippen molar-refractivity contribution < 1.29 is 19.1 Å². The van der Waals surface area contributed by atoms with Crippen molar-refractivity contribution in [1.82, 2.24) is 5.32 Å². The van der Waals surface area contributed by atoms with Crippen LogP contribution in [0, 0.1) is 13.8 Å². The van der Waals surface area contributed by atoms with Gasteiger partial charge in [0.2, 0.25) is 0 Å². The number of hydrogen-bond donors (Lipinski definition) is 2. The third kappa shape index (κ3) is 8.67. The van der Waals surface area contributed by atoms with Gasteiger partial charge >= 0.3 is 12.2 Å². The molecule has 2 N–H and O–H groups in total. The molecule has 0 saturated heterocycles. The lowest BCUT2D eigenvalue weighted by Crippen LogP contribution is -2.34. The molecular formula is C31H38N4O4. The number of ether oxygens (including phenoxy) is 2. The molecule has 39 heavy (non-hydrogen) atoms. The molecule has 3 rings (SSSR count). The van der Waals surface area contributed by atoms with Gasteiger partial charge in [-0.05, 0) is 110 Å². The minimum atomic E-state index is -0.621. The Labute approximate surface area is 230 Å². The highest BCUT2D eigenvalue weighted by Crippen LogP contribution is 2.29. The number of benzene rings is 2. The van der Waals surface area contributed by atoms with Gasteiger partial charge in [-0.2, -0.15) is 0 Å². The SMILES string of the molecule is CC1=C(NC(=O)OC(C)(C)C)C=CC(=N/c2cc(C)c(NC(=O)OC(C)(C)C)cc2C)/C1=N/c1ccccc1. The number of amides is 2. The maximum Gasteiger partial charge on any atom is 0.412 e. The number of para-hydroxylation sites is 1. The molecule has 0 bridgehead atoms. The first kappa shape index (κ1) is 29.4. The van der Waals surface area contributed by atoms with E-state index in [1.165, 1.54) is 0 Å². The summed E-state index contributed by atoms with van der Waals surface area (Å²) >= 11 is 0. The van der Waals surface area contributed by atoms with Gasteiger partial charge in [0.05, 0.1) is 22.8 Å². The highest BCUT2D eigenvalue weighted by atomic mass is 16.6. The molecule has 1 aliphatic rings. The van der Waals surface area contributed by atoms with E-state index >= 15 is 0 Å². The van der Waals surface area contributed by atoms with Crippen LogP contribution >= 0.6 is 0 Å². The van der Waals surface area contributed by atoms with E-state index in [0.717, 1.165) is 28.1 Å². The first-order valence-electron chi connectivity index (χ1n) is 12.8. The summed E-state index contributed by atoms with van der Waals surface area (Å²) in [4.78, 5) is 34.6. The largest absolute Gasteiger partial charge is 0.444 e. The number of allylic oxidation sites excluding steroid dienone is 3. The van der Waals surface area contributed by atoms with Crippen molar-refractivity contribution in [3.8, 4) is 0 Å². The summed E-state index contributed by atoms with van der Waals surface area (Å²) < 4.78 is 10.8. The molecule has 1 aliphatic carbocycles. The lowest BCUT2D eigenvalue weighted by molar-refractivity contribution is 0.0546. The molecule has 0 aliphatic heterocycles. The van der Waals surface area contributed by atoms with E-state index in [2.05, 4.69) is 10.6 Å². The Balaban J connectivity index is 1.98. The summed E-state index contributed by atoms with van der Waals surface area (Å²) in [5, 5.41) is 5.65. The normalized spacial score (nSPS) is 15.9. The molecule has 0 saturated carbocycles. The molecule has 0 fully saturated rings. The molecule has 0 spiro atoms. The van der Waals surface area contributed by atoms with E-state index in [-0.39, 0.29) is 0 Å². The minimum absolute atomic E-state index is 0.512. The quantitative estimate of drug-likeness (QED) is 0.393. The summed E-state index contributed by atoms with van der Waals surface area (Å²) in [6.45, 7) is 16.6. The average molecular weight is 531 g/mol. The topological polar surface area (TPSA) is 101 Å². The molecule has 0 atom stereocenters. The zero-order valence-electron chi connectivity index (χ0n) is 24.2. The Morgan fingerprint density at radius 2 is 1.33 bits per heavy atom. The molecular weight excluding hydrogens is 492 g/mol. The van der Waals surface area contributed by atoms with Crippen LogP contribution in [0.1, 0.15) is 59.6 Å². The van der Waals surface area contributed by atoms with Crippen LogP contribution in [-0.4, -0.2) is 34.8 Å². The fourth-order valence-electron chi connectivity index (χ4n) is 3.70. The van der Waals surface area contributed by atoms with Crippen molar-refractivity contribution in [2.75, 3.05) is 5.32 Å². The van der Waals surface area contributed by atoms with E-state index in [9.17, 15) is 9.59 Å². The lowest BCUT2D eigenvalue weighted by atomic mass is 9.98. The summed E-state index contributed by atoms with van der Waals surface area (Å²) in [7, 11) is 0. The summed E-state index contributed by atoms with van der Waals surface area (Å²) in [6.07, 6.45) is 2.56. The Morgan fingerprint density at radius 1 is 0.744 bits per heavy atom. The first-order chi connectivity index (χ1) is 18.1. The van der Waals surface area contributed by atoms with Crippen molar-refractivity contribution in [2.45, 2.75) is 73.5 Å². The molecule has 0 unspecified atom stereocenters. The molecule has 2 aromatic rings. The molecule has 8 nitrogen and oxygen atoms in total. The molecule has 0 aromatic heterocycles. The number of alkyl carbamates (subject to hydrolysis) is 1. The number of aliphatic imine (C=N–C) groups is 2. The van der Waals surface area contributed by atoms with Gasteiger partial charge in [-0.1, -0.05) is 18.2 Å². The van der Waals surface area contributed by atoms with Crippen molar-refractivity contribution in [3.05, 3.63) is 77.0 Å². The van der Waals surface area contributed by atoms with Crippen LogP contribution in [0.5, 0.6) is 0 Å². The number of nitrogens with one attached hydrogen (secondary N) is 2.